The van der Waals surface area contributed by atoms with E-state index in [1.165, 1.54) is 43.3 Å². The van der Waals surface area contributed by atoms with Crippen LogP contribution in [0.5, 0.6) is 0 Å². The van der Waals surface area contributed by atoms with E-state index >= 15 is 0 Å². The molecule has 0 amide bonds. The zero-order valence-corrected chi connectivity index (χ0v) is 18.3. The SMILES string of the molecule is CC.CC.CC.OCC1Cn2c3c(c4ccccc42)CCN2CCCC1C32. The Morgan fingerprint density at radius 2 is 1.70 bits per heavy atom. The predicted molar refractivity (Wildman–Crippen MR) is 117 cm³/mol. The molecule has 152 valence electrons. The average Bonchev–Trinajstić information content (AvgIpc) is 3.11. The van der Waals surface area contributed by atoms with E-state index in [9.17, 15) is 5.11 Å². The minimum Gasteiger partial charge on any atom is -0.396 e. The average molecular weight is 373 g/mol. The maximum absolute atomic E-state index is 9.91. The molecule has 2 aromatic rings. The molecule has 0 bridgehead atoms. The molecule has 3 aliphatic heterocycles. The monoisotopic (exact) mass is 372 g/mol. The highest BCUT2D eigenvalue weighted by atomic mass is 16.3. The molecule has 27 heavy (non-hydrogen) atoms. The second-order valence-electron chi connectivity index (χ2n) is 6.97. The standard InChI is InChI=1S/C18H22N2O.3C2H6/c21-11-12-10-20-16-6-2-1-4-14(16)15-7-9-19-8-3-5-13(12)17(19)18(15)20;3*1-2/h1-2,4,6,12-13,17,21H,3,5,7-11H2;3*1-2H3. The Bertz CT molecular complexity index is 706. The zero-order valence-electron chi connectivity index (χ0n) is 18.3. The first kappa shape index (κ1) is 22.0. The molecule has 3 aliphatic rings. The van der Waals surface area contributed by atoms with Gasteiger partial charge in [0.1, 0.15) is 0 Å². The fourth-order valence-electron chi connectivity index (χ4n) is 5.23. The quantitative estimate of drug-likeness (QED) is 0.700. The van der Waals surface area contributed by atoms with Crippen LogP contribution in [0, 0.1) is 11.8 Å². The number of aromatic nitrogens is 1. The van der Waals surface area contributed by atoms with Gasteiger partial charge in [-0.05, 0) is 43.4 Å². The van der Waals surface area contributed by atoms with Gasteiger partial charge in [-0.15, -0.1) is 0 Å². The van der Waals surface area contributed by atoms with E-state index in [1.54, 1.807) is 11.3 Å². The van der Waals surface area contributed by atoms with Gasteiger partial charge in [0.2, 0.25) is 0 Å². The molecule has 1 N–H and O–H groups in total. The van der Waals surface area contributed by atoms with Crippen molar-refractivity contribution in [1.29, 1.82) is 0 Å². The van der Waals surface area contributed by atoms with Crippen molar-refractivity contribution in [2.75, 3.05) is 19.7 Å². The second-order valence-corrected chi connectivity index (χ2v) is 6.97. The number of aliphatic hydroxyl groups excluding tert-OH is 1. The van der Waals surface area contributed by atoms with Crippen LogP contribution in [0.15, 0.2) is 24.3 Å². The van der Waals surface area contributed by atoms with Crippen molar-refractivity contribution >= 4 is 10.9 Å². The highest BCUT2D eigenvalue weighted by molar-refractivity contribution is 5.86. The molecule has 0 spiro atoms. The zero-order chi connectivity index (χ0) is 20.0. The van der Waals surface area contributed by atoms with Crippen molar-refractivity contribution in [1.82, 2.24) is 9.47 Å². The van der Waals surface area contributed by atoms with Crippen molar-refractivity contribution in [3.8, 4) is 0 Å². The smallest absolute Gasteiger partial charge is 0.0536 e. The molecule has 3 nitrogen and oxygen atoms in total. The molecule has 0 aliphatic carbocycles. The lowest BCUT2D eigenvalue weighted by atomic mass is 9.73. The summed E-state index contributed by atoms with van der Waals surface area (Å²) in [6.45, 7) is 15.8. The molecule has 1 aromatic carbocycles. The van der Waals surface area contributed by atoms with Gasteiger partial charge in [0.15, 0.2) is 0 Å². The highest BCUT2D eigenvalue weighted by Gasteiger charge is 2.45. The van der Waals surface area contributed by atoms with Gasteiger partial charge in [-0.3, -0.25) is 4.90 Å². The van der Waals surface area contributed by atoms with Crippen LogP contribution < -0.4 is 0 Å². The van der Waals surface area contributed by atoms with E-state index in [-0.39, 0.29) is 0 Å². The normalized spacial score (nSPS) is 25.1. The van der Waals surface area contributed by atoms with Crippen LogP contribution >= 0.6 is 0 Å². The fourth-order valence-corrected chi connectivity index (χ4v) is 5.23. The highest BCUT2D eigenvalue weighted by Crippen LogP contribution is 2.50. The Labute approximate surface area is 166 Å². The summed E-state index contributed by atoms with van der Waals surface area (Å²) in [5.74, 6) is 1.08. The van der Waals surface area contributed by atoms with Crippen LogP contribution in [0.1, 0.15) is 71.7 Å². The number of piperidine rings is 1. The number of benzene rings is 1. The Morgan fingerprint density at radius 3 is 2.41 bits per heavy atom. The number of hydrogen-bond donors (Lipinski definition) is 1. The predicted octanol–water partition coefficient (Wildman–Crippen LogP) is 5.65. The number of aliphatic hydroxyl groups is 1. The van der Waals surface area contributed by atoms with E-state index in [0.717, 1.165) is 6.54 Å². The molecule has 3 unspecified atom stereocenters. The third-order valence-corrected chi connectivity index (χ3v) is 6.09. The Hall–Kier alpha value is -1.32. The van der Waals surface area contributed by atoms with E-state index in [4.69, 9.17) is 0 Å². The molecule has 5 rings (SSSR count). The van der Waals surface area contributed by atoms with Gasteiger partial charge in [-0.25, -0.2) is 0 Å². The summed E-state index contributed by atoms with van der Waals surface area (Å²) in [4.78, 5) is 2.69. The van der Waals surface area contributed by atoms with Gasteiger partial charge in [-0.1, -0.05) is 59.7 Å². The minimum atomic E-state index is 0.330. The molecule has 1 fully saturated rings. The number of hydrogen-bond acceptors (Lipinski definition) is 2. The van der Waals surface area contributed by atoms with Crippen LogP contribution in [-0.4, -0.2) is 34.3 Å². The van der Waals surface area contributed by atoms with E-state index in [0.29, 0.717) is 24.5 Å². The lowest BCUT2D eigenvalue weighted by molar-refractivity contribution is 0.00348. The van der Waals surface area contributed by atoms with Crippen molar-refractivity contribution in [2.24, 2.45) is 11.8 Å². The van der Waals surface area contributed by atoms with Crippen LogP contribution in [0.3, 0.4) is 0 Å². The summed E-state index contributed by atoms with van der Waals surface area (Å²) in [6.07, 6.45) is 3.77. The molecular weight excluding hydrogens is 332 g/mol. The molecule has 0 radical (unpaired) electrons. The van der Waals surface area contributed by atoms with Gasteiger partial charge < -0.3 is 9.67 Å². The summed E-state index contributed by atoms with van der Waals surface area (Å²) in [5, 5.41) is 11.4. The summed E-state index contributed by atoms with van der Waals surface area (Å²) < 4.78 is 2.53. The fraction of sp³-hybridized carbons (Fsp3) is 0.667. The van der Waals surface area contributed by atoms with E-state index < -0.39 is 0 Å². The Morgan fingerprint density at radius 1 is 1.00 bits per heavy atom. The lowest BCUT2D eigenvalue weighted by Gasteiger charge is -2.50. The molecule has 0 saturated carbocycles. The number of nitrogens with zero attached hydrogens (tertiary/aromatic N) is 2. The van der Waals surface area contributed by atoms with Crippen molar-refractivity contribution < 1.29 is 5.11 Å². The van der Waals surface area contributed by atoms with Gasteiger partial charge in [0.05, 0.1) is 6.04 Å². The third kappa shape index (κ3) is 3.69. The summed E-state index contributed by atoms with van der Waals surface area (Å²) in [6, 6.07) is 9.42. The lowest BCUT2D eigenvalue weighted by Crippen LogP contribution is -2.50. The molecular formula is C24H40N2O. The van der Waals surface area contributed by atoms with Gasteiger partial charge in [-0.2, -0.15) is 0 Å². The van der Waals surface area contributed by atoms with Crippen molar-refractivity contribution in [3.05, 3.63) is 35.5 Å². The van der Waals surface area contributed by atoms with Crippen molar-refractivity contribution in [3.63, 3.8) is 0 Å². The second kappa shape index (κ2) is 10.3. The first-order chi connectivity index (χ1) is 13.4. The van der Waals surface area contributed by atoms with Crippen LogP contribution in [0.2, 0.25) is 0 Å². The first-order valence-electron chi connectivity index (χ1n) is 11.3. The maximum atomic E-state index is 9.91. The number of rotatable bonds is 1. The van der Waals surface area contributed by atoms with E-state index in [1.807, 2.05) is 41.5 Å². The minimum absolute atomic E-state index is 0.330. The topological polar surface area (TPSA) is 28.4 Å². The van der Waals surface area contributed by atoms with Crippen molar-refractivity contribution in [2.45, 2.75) is 73.4 Å². The molecule has 3 atom stereocenters. The van der Waals surface area contributed by atoms with Gasteiger partial charge in [0, 0.05) is 42.2 Å². The maximum Gasteiger partial charge on any atom is 0.0536 e. The number of fused-ring (bicyclic) bond motifs is 3. The Kier molecular flexibility index (Phi) is 8.37. The molecule has 1 saturated heterocycles. The molecule has 1 aromatic heterocycles. The van der Waals surface area contributed by atoms with Crippen LogP contribution in [0.25, 0.3) is 10.9 Å². The van der Waals surface area contributed by atoms with Gasteiger partial charge in [0.25, 0.3) is 0 Å². The van der Waals surface area contributed by atoms with E-state index in [2.05, 4.69) is 33.7 Å². The first-order valence-corrected chi connectivity index (χ1v) is 11.3. The third-order valence-electron chi connectivity index (χ3n) is 6.09. The largest absolute Gasteiger partial charge is 0.396 e. The van der Waals surface area contributed by atoms with Crippen LogP contribution in [-0.2, 0) is 13.0 Å². The molecule has 4 heterocycles. The summed E-state index contributed by atoms with van der Waals surface area (Å²) in [7, 11) is 0. The van der Waals surface area contributed by atoms with Crippen LogP contribution in [0.4, 0.5) is 0 Å². The summed E-state index contributed by atoms with van der Waals surface area (Å²) in [5.41, 5.74) is 4.55. The number of para-hydroxylation sites is 1. The summed E-state index contributed by atoms with van der Waals surface area (Å²) >= 11 is 0. The Balaban J connectivity index is 0.000000400. The van der Waals surface area contributed by atoms with Gasteiger partial charge >= 0.3 is 0 Å². The molecule has 3 heteroatoms.